The summed E-state index contributed by atoms with van der Waals surface area (Å²) in [7, 11) is 0. The topological polar surface area (TPSA) is 36.7 Å². The molecule has 0 aliphatic carbocycles. The van der Waals surface area contributed by atoms with Gasteiger partial charge < -0.3 is 0 Å². The fourth-order valence-corrected chi connectivity index (χ4v) is 2.25. The highest BCUT2D eigenvalue weighted by atomic mass is 35.5. The predicted molar refractivity (Wildman–Crippen MR) is 74.0 cm³/mol. The third kappa shape index (κ3) is 2.98. The van der Waals surface area contributed by atoms with Crippen molar-refractivity contribution in [2.75, 3.05) is 0 Å². The number of nitrogens with zero attached hydrogens (tertiary/aromatic N) is 2. The predicted octanol–water partition coefficient (Wildman–Crippen LogP) is 4.91. The molecular formula is C13H6Cl3FN2. The smallest absolute Gasteiger partial charge is 0.213 e. The lowest BCUT2D eigenvalue weighted by atomic mass is 10.0. The summed E-state index contributed by atoms with van der Waals surface area (Å²) < 4.78 is 13.1. The van der Waals surface area contributed by atoms with Crippen molar-refractivity contribution in [2.45, 2.75) is 6.42 Å². The maximum absolute atomic E-state index is 13.1. The van der Waals surface area contributed by atoms with Gasteiger partial charge in [0.15, 0.2) is 0 Å². The lowest BCUT2D eigenvalue weighted by molar-refractivity contribution is 0.579. The normalized spacial score (nSPS) is 10.3. The molecule has 0 aliphatic heterocycles. The Morgan fingerprint density at radius 2 is 1.79 bits per heavy atom. The maximum atomic E-state index is 13.1. The van der Waals surface area contributed by atoms with Crippen LogP contribution in [0.4, 0.5) is 4.39 Å². The van der Waals surface area contributed by atoms with Gasteiger partial charge in [0, 0.05) is 5.56 Å². The van der Waals surface area contributed by atoms with Crippen LogP contribution in [0.25, 0.3) is 11.1 Å². The Kier molecular flexibility index (Phi) is 4.26. The van der Waals surface area contributed by atoms with E-state index in [4.69, 9.17) is 40.1 Å². The first-order valence-corrected chi connectivity index (χ1v) is 6.33. The van der Waals surface area contributed by atoms with Crippen LogP contribution in [0.1, 0.15) is 5.69 Å². The van der Waals surface area contributed by atoms with Gasteiger partial charge in [-0.25, -0.2) is 4.98 Å². The van der Waals surface area contributed by atoms with Gasteiger partial charge in [-0.3, -0.25) is 0 Å². The zero-order chi connectivity index (χ0) is 14.0. The molecule has 0 spiro atoms. The van der Waals surface area contributed by atoms with Gasteiger partial charge in [-0.1, -0.05) is 34.8 Å². The van der Waals surface area contributed by atoms with Gasteiger partial charge in [-0.2, -0.15) is 9.65 Å². The quantitative estimate of drug-likeness (QED) is 0.583. The maximum Gasteiger partial charge on any atom is 0.213 e. The van der Waals surface area contributed by atoms with Gasteiger partial charge in [-0.15, -0.1) is 0 Å². The van der Waals surface area contributed by atoms with Crippen LogP contribution in [0.3, 0.4) is 0 Å². The average Bonchev–Trinajstić information content (AvgIpc) is 2.36. The number of benzene rings is 1. The molecule has 2 aromatic rings. The van der Waals surface area contributed by atoms with Crippen molar-refractivity contribution in [1.29, 1.82) is 5.26 Å². The highest BCUT2D eigenvalue weighted by molar-refractivity contribution is 6.48. The molecule has 0 amide bonds. The molecule has 96 valence electrons. The molecule has 1 aromatic carbocycles. The van der Waals surface area contributed by atoms with Crippen LogP contribution in [0.2, 0.25) is 15.1 Å². The number of rotatable bonds is 2. The van der Waals surface area contributed by atoms with Crippen molar-refractivity contribution < 1.29 is 4.39 Å². The summed E-state index contributed by atoms with van der Waals surface area (Å²) in [5.74, 6) is -0.639. The largest absolute Gasteiger partial charge is 0.223 e. The number of pyridine rings is 1. The van der Waals surface area contributed by atoms with Gasteiger partial charge >= 0.3 is 0 Å². The van der Waals surface area contributed by atoms with E-state index in [1.54, 1.807) is 12.1 Å². The molecule has 2 rings (SSSR count). The zero-order valence-corrected chi connectivity index (χ0v) is 11.7. The van der Waals surface area contributed by atoms with E-state index in [1.807, 2.05) is 6.07 Å². The summed E-state index contributed by atoms with van der Waals surface area (Å²) in [6.45, 7) is 0. The lowest BCUT2D eigenvalue weighted by Crippen LogP contribution is -1.96. The van der Waals surface area contributed by atoms with E-state index in [-0.39, 0.29) is 21.5 Å². The van der Waals surface area contributed by atoms with Crippen molar-refractivity contribution in [1.82, 2.24) is 4.98 Å². The Morgan fingerprint density at radius 3 is 2.37 bits per heavy atom. The molecule has 0 N–H and O–H groups in total. The molecule has 0 saturated heterocycles. The van der Waals surface area contributed by atoms with Gasteiger partial charge in [0.2, 0.25) is 5.95 Å². The average molecular weight is 316 g/mol. The van der Waals surface area contributed by atoms with E-state index in [9.17, 15) is 4.39 Å². The monoisotopic (exact) mass is 314 g/mol. The first-order chi connectivity index (χ1) is 9.02. The summed E-state index contributed by atoms with van der Waals surface area (Å²) in [6, 6.07) is 7.89. The van der Waals surface area contributed by atoms with Crippen LogP contribution in [0.15, 0.2) is 24.3 Å². The third-order valence-corrected chi connectivity index (χ3v) is 3.68. The first-order valence-electron chi connectivity index (χ1n) is 5.20. The van der Waals surface area contributed by atoms with Crippen molar-refractivity contribution in [3.63, 3.8) is 0 Å². The summed E-state index contributed by atoms with van der Waals surface area (Å²) in [4.78, 5) is 3.71. The highest BCUT2D eigenvalue weighted by Gasteiger charge is 2.12. The van der Waals surface area contributed by atoms with Gasteiger partial charge in [-0.05, 0) is 29.8 Å². The SMILES string of the molecule is N#CCc1nc(F)ccc1-c1cc(Cl)c(Cl)c(Cl)c1. The summed E-state index contributed by atoms with van der Waals surface area (Å²) in [5, 5.41) is 9.58. The minimum Gasteiger partial charge on any atom is -0.223 e. The molecule has 0 unspecified atom stereocenters. The molecule has 1 aromatic heterocycles. The standard InChI is InChI=1S/C13H6Cl3FN2/c14-9-5-7(6-10(15)13(9)16)8-1-2-12(17)19-11(8)3-4-18/h1-2,5-6H,3H2. The van der Waals surface area contributed by atoms with E-state index < -0.39 is 5.95 Å². The van der Waals surface area contributed by atoms with Crippen LogP contribution in [0.5, 0.6) is 0 Å². The molecule has 0 saturated carbocycles. The van der Waals surface area contributed by atoms with Gasteiger partial charge in [0.1, 0.15) is 0 Å². The number of nitriles is 1. The van der Waals surface area contributed by atoms with E-state index >= 15 is 0 Å². The van der Waals surface area contributed by atoms with Crippen molar-refractivity contribution in [3.8, 4) is 17.2 Å². The van der Waals surface area contributed by atoms with E-state index in [1.165, 1.54) is 12.1 Å². The van der Waals surface area contributed by atoms with Crippen molar-refractivity contribution in [3.05, 3.63) is 51.0 Å². The number of aromatic nitrogens is 1. The number of hydrogen-bond donors (Lipinski definition) is 0. The molecule has 0 bridgehead atoms. The second-order valence-corrected chi connectivity index (χ2v) is 4.91. The fraction of sp³-hybridized carbons (Fsp3) is 0.0769. The summed E-state index contributed by atoms with van der Waals surface area (Å²) in [5.41, 5.74) is 1.57. The summed E-state index contributed by atoms with van der Waals surface area (Å²) >= 11 is 17.8. The Bertz CT molecular complexity index is 657. The van der Waals surface area contributed by atoms with Crippen LogP contribution >= 0.6 is 34.8 Å². The van der Waals surface area contributed by atoms with E-state index in [2.05, 4.69) is 4.98 Å². The zero-order valence-electron chi connectivity index (χ0n) is 9.42. The Hall–Kier alpha value is -1.34. The molecule has 0 atom stereocenters. The Morgan fingerprint density at radius 1 is 1.16 bits per heavy atom. The third-order valence-electron chi connectivity index (χ3n) is 2.48. The number of halogens is 4. The Balaban J connectivity index is 2.62. The second kappa shape index (κ2) is 5.75. The van der Waals surface area contributed by atoms with Crippen LogP contribution in [0, 0.1) is 17.3 Å². The first kappa shape index (κ1) is 14.1. The number of hydrogen-bond acceptors (Lipinski definition) is 2. The van der Waals surface area contributed by atoms with Crippen molar-refractivity contribution >= 4 is 34.8 Å². The molecule has 1 heterocycles. The molecule has 19 heavy (non-hydrogen) atoms. The minimum atomic E-state index is -0.639. The molecule has 0 radical (unpaired) electrons. The molecule has 0 fully saturated rings. The highest BCUT2D eigenvalue weighted by Crippen LogP contribution is 2.35. The van der Waals surface area contributed by atoms with Crippen LogP contribution < -0.4 is 0 Å². The fourth-order valence-electron chi connectivity index (χ4n) is 1.66. The van der Waals surface area contributed by atoms with Crippen LogP contribution in [-0.4, -0.2) is 4.98 Å². The molecular weight excluding hydrogens is 310 g/mol. The minimum absolute atomic E-state index is 0.00897. The van der Waals surface area contributed by atoms with Crippen LogP contribution in [-0.2, 0) is 6.42 Å². The van der Waals surface area contributed by atoms with Crippen molar-refractivity contribution in [2.24, 2.45) is 0 Å². The summed E-state index contributed by atoms with van der Waals surface area (Å²) in [6.07, 6.45) is -0.00897. The van der Waals surface area contributed by atoms with E-state index in [0.29, 0.717) is 16.8 Å². The van der Waals surface area contributed by atoms with E-state index in [0.717, 1.165) is 0 Å². The molecule has 0 aliphatic rings. The lowest BCUT2D eigenvalue weighted by Gasteiger charge is -2.09. The molecule has 2 nitrogen and oxygen atoms in total. The van der Waals surface area contributed by atoms with Gasteiger partial charge in [0.05, 0.1) is 33.3 Å². The Labute approximate surface area is 124 Å². The second-order valence-electron chi connectivity index (χ2n) is 3.72. The molecule has 6 heteroatoms. The van der Waals surface area contributed by atoms with Gasteiger partial charge in [0.25, 0.3) is 0 Å².